The molecule has 0 unspecified atom stereocenters. The summed E-state index contributed by atoms with van der Waals surface area (Å²) in [7, 11) is 2.81. The van der Waals surface area contributed by atoms with E-state index in [0.717, 1.165) is 11.1 Å². The number of ether oxygens (including phenoxy) is 2. The number of aliphatic hydroxyl groups is 1. The van der Waals surface area contributed by atoms with Gasteiger partial charge in [0.25, 0.3) is 0 Å². The van der Waals surface area contributed by atoms with Crippen LogP contribution < -0.4 is 4.74 Å². The van der Waals surface area contributed by atoms with Crippen LogP contribution in [0.4, 0.5) is 0 Å². The van der Waals surface area contributed by atoms with Crippen molar-refractivity contribution in [2.45, 2.75) is 26.4 Å². The fourth-order valence-electron chi connectivity index (χ4n) is 1.75. The Labute approximate surface area is 101 Å². The van der Waals surface area contributed by atoms with Crippen molar-refractivity contribution in [3.63, 3.8) is 0 Å². The third kappa shape index (κ3) is 2.77. The number of aliphatic hydroxyl groups excluding tert-OH is 1. The van der Waals surface area contributed by atoms with E-state index in [1.54, 1.807) is 12.1 Å². The van der Waals surface area contributed by atoms with Gasteiger partial charge in [-0.1, -0.05) is 13.8 Å². The predicted octanol–water partition coefficient (Wildman–Crippen LogP) is 2.10. The van der Waals surface area contributed by atoms with Gasteiger partial charge in [0.2, 0.25) is 0 Å². The van der Waals surface area contributed by atoms with Crippen molar-refractivity contribution in [1.82, 2.24) is 0 Å². The van der Waals surface area contributed by atoms with Crippen molar-refractivity contribution >= 4 is 5.97 Å². The van der Waals surface area contributed by atoms with Crippen LogP contribution in [0.5, 0.6) is 5.75 Å². The third-order valence-corrected chi connectivity index (χ3v) is 2.66. The zero-order valence-electron chi connectivity index (χ0n) is 10.6. The SMILES string of the molecule is COC(=O)c1cc(C(C)C)c(CO)cc1OC. The minimum Gasteiger partial charge on any atom is -0.496 e. The van der Waals surface area contributed by atoms with Crippen LogP contribution in [0, 0.1) is 0 Å². The highest BCUT2D eigenvalue weighted by Crippen LogP contribution is 2.29. The molecular weight excluding hydrogens is 220 g/mol. The van der Waals surface area contributed by atoms with E-state index in [0.29, 0.717) is 11.3 Å². The molecule has 1 aromatic rings. The standard InChI is InChI=1S/C13H18O4/c1-8(2)10-6-11(13(15)17-4)12(16-3)5-9(10)7-14/h5-6,8,14H,7H2,1-4H3. The van der Waals surface area contributed by atoms with Gasteiger partial charge in [0.15, 0.2) is 0 Å². The zero-order valence-corrected chi connectivity index (χ0v) is 10.6. The van der Waals surface area contributed by atoms with Crippen molar-refractivity contribution < 1.29 is 19.4 Å². The first-order valence-electron chi connectivity index (χ1n) is 5.45. The van der Waals surface area contributed by atoms with Crippen molar-refractivity contribution in [3.8, 4) is 5.75 Å². The second-order valence-corrected chi connectivity index (χ2v) is 4.06. The molecule has 0 radical (unpaired) electrons. The molecule has 0 aliphatic carbocycles. The van der Waals surface area contributed by atoms with Crippen molar-refractivity contribution in [1.29, 1.82) is 0 Å². The summed E-state index contributed by atoms with van der Waals surface area (Å²) < 4.78 is 9.84. The average molecular weight is 238 g/mol. The number of methoxy groups -OCH3 is 2. The summed E-state index contributed by atoms with van der Waals surface area (Å²) in [4.78, 5) is 11.6. The predicted molar refractivity (Wildman–Crippen MR) is 64.3 cm³/mol. The Bertz CT molecular complexity index is 410. The lowest BCUT2D eigenvalue weighted by molar-refractivity contribution is 0.0597. The Morgan fingerprint density at radius 2 is 2.00 bits per heavy atom. The molecule has 0 aromatic heterocycles. The largest absolute Gasteiger partial charge is 0.496 e. The van der Waals surface area contributed by atoms with Gasteiger partial charge in [-0.25, -0.2) is 4.79 Å². The molecule has 0 fully saturated rings. The smallest absolute Gasteiger partial charge is 0.341 e. The summed E-state index contributed by atoms with van der Waals surface area (Å²) in [5, 5.41) is 9.30. The number of carbonyl (C=O) groups excluding carboxylic acids is 1. The van der Waals surface area contributed by atoms with Crippen LogP contribution in [0.25, 0.3) is 0 Å². The molecule has 1 rings (SSSR count). The molecule has 0 atom stereocenters. The van der Waals surface area contributed by atoms with E-state index in [1.807, 2.05) is 13.8 Å². The summed E-state index contributed by atoms with van der Waals surface area (Å²) in [6.07, 6.45) is 0. The third-order valence-electron chi connectivity index (χ3n) is 2.66. The lowest BCUT2D eigenvalue weighted by Crippen LogP contribution is -2.08. The van der Waals surface area contributed by atoms with Crippen molar-refractivity contribution in [2.75, 3.05) is 14.2 Å². The molecule has 0 amide bonds. The fraction of sp³-hybridized carbons (Fsp3) is 0.462. The van der Waals surface area contributed by atoms with E-state index in [9.17, 15) is 9.90 Å². The average Bonchev–Trinajstić information content (AvgIpc) is 2.35. The van der Waals surface area contributed by atoms with Gasteiger partial charge in [0, 0.05) is 0 Å². The van der Waals surface area contributed by atoms with Crippen LogP contribution in [-0.2, 0) is 11.3 Å². The highest BCUT2D eigenvalue weighted by Gasteiger charge is 2.17. The molecule has 4 nitrogen and oxygen atoms in total. The highest BCUT2D eigenvalue weighted by atomic mass is 16.5. The van der Waals surface area contributed by atoms with Crippen molar-refractivity contribution in [3.05, 3.63) is 28.8 Å². The lowest BCUT2D eigenvalue weighted by atomic mass is 9.94. The molecule has 1 aromatic carbocycles. The van der Waals surface area contributed by atoms with Gasteiger partial charge in [0.05, 0.1) is 20.8 Å². The Morgan fingerprint density at radius 3 is 2.41 bits per heavy atom. The maximum absolute atomic E-state index is 11.6. The summed E-state index contributed by atoms with van der Waals surface area (Å²) in [6.45, 7) is 3.93. The summed E-state index contributed by atoms with van der Waals surface area (Å²) in [5.74, 6) is 0.199. The first-order chi connectivity index (χ1) is 8.04. The van der Waals surface area contributed by atoms with Gasteiger partial charge in [-0.3, -0.25) is 0 Å². The molecule has 0 saturated heterocycles. The van der Waals surface area contributed by atoms with Crippen LogP contribution in [0.2, 0.25) is 0 Å². The number of rotatable bonds is 4. The quantitative estimate of drug-likeness (QED) is 0.816. The van der Waals surface area contributed by atoms with Crippen molar-refractivity contribution in [2.24, 2.45) is 0 Å². The maximum atomic E-state index is 11.6. The van der Waals surface area contributed by atoms with E-state index in [1.165, 1.54) is 14.2 Å². The Balaban J connectivity index is 3.39. The second-order valence-electron chi connectivity index (χ2n) is 4.06. The zero-order chi connectivity index (χ0) is 13.0. The molecule has 0 aliphatic heterocycles. The van der Waals surface area contributed by atoms with Gasteiger partial charge in [-0.05, 0) is 29.2 Å². The van der Waals surface area contributed by atoms with E-state index in [4.69, 9.17) is 9.47 Å². The van der Waals surface area contributed by atoms with Crippen LogP contribution in [0.3, 0.4) is 0 Å². The topological polar surface area (TPSA) is 55.8 Å². The summed E-state index contributed by atoms with van der Waals surface area (Å²) >= 11 is 0. The Kier molecular flexibility index (Phi) is 4.52. The number of hydrogen-bond donors (Lipinski definition) is 1. The van der Waals surface area contributed by atoms with Gasteiger partial charge in [0.1, 0.15) is 11.3 Å². The second kappa shape index (κ2) is 5.68. The minimum atomic E-state index is -0.437. The molecule has 0 spiro atoms. The van der Waals surface area contributed by atoms with E-state index in [-0.39, 0.29) is 12.5 Å². The minimum absolute atomic E-state index is 0.0780. The Morgan fingerprint density at radius 1 is 1.35 bits per heavy atom. The highest BCUT2D eigenvalue weighted by molar-refractivity contribution is 5.93. The van der Waals surface area contributed by atoms with E-state index in [2.05, 4.69) is 0 Å². The van der Waals surface area contributed by atoms with Crippen LogP contribution in [-0.4, -0.2) is 25.3 Å². The molecule has 1 N–H and O–H groups in total. The molecular formula is C13H18O4. The molecule has 0 bridgehead atoms. The number of hydrogen-bond acceptors (Lipinski definition) is 4. The van der Waals surface area contributed by atoms with E-state index < -0.39 is 5.97 Å². The summed E-state index contributed by atoms with van der Waals surface area (Å²) in [5.41, 5.74) is 2.08. The van der Waals surface area contributed by atoms with Gasteiger partial charge in [-0.15, -0.1) is 0 Å². The van der Waals surface area contributed by atoms with Crippen LogP contribution in [0.15, 0.2) is 12.1 Å². The van der Waals surface area contributed by atoms with Gasteiger partial charge in [-0.2, -0.15) is 0 Å². The van der Waals surface area contributed by atoms with Gasteiger partial charge < -0.3 is 14.6 Å². The normalized spacial score (nSPS) is 10.5. The van der Waals surface area contributed by atoms with Crippen LogP contribution >= 0.6 is 0 Å². The van der Waals surface area contributed by atoms with Gasteiger partial charge >= 0.3 is 5.97 Å². The summed E-state index contributed by atoms with van der Waals surface area (Å²) in [6, 6.07) is 3.41. The first-order valence-corrected chi connectivity index (χ1v) is 5.45. The first kappa shape index (κ1) is 13.5. The molecule has 0 aliphatic rings. The number of carbonyl (C=O) groups is 1. The maximum Gasteiger partial charge on any atom is 0.341 e. The number of esters is 1. The molecule has 94 valence electrons. The molecule has 0 saturated carbocycles. The molecule has 17 heavy (non-hydrogen) atoms. The fourth-order valence-corrected chi connectivity index (χ4v) is 1.75. The molecule has 0 heterocycles. The van der Waals surface area contributed by atoms with E-state index >= 15 is 0 Å². The molecule has 4 heteroatoms. The monoisotopic (exact) mass is 238 g/mol. The lowest BCUT2D eigenvalue weighted by Gasteiger charge is -2.15. The van der Waals surface area contributed by atoms with Crippen LogP contribution in [0.1, 0.15) is 41.3 Å². The number of benzene rings is 1. The Hall–Kier alpha value is -1.55.